The highest BCUT2D eigenvalue weighted by molar-refractivity contribution is 9.10. The molecule has 3 rings (SSSR count). The number of nitrogens with one attached hydrogen (secondary N) is 1. The maximum atomic E-state index is 12.7. The first kappa shape index (κ1) is 17.0. The van der Waals surface area contributed by atoms with Crippen LogP contribution in [0.5, 0.6) is 0 Å². The molecule has 2 aromatic rings. The van der Waals surface area contributed by atoms with Gasteiger partial charge in [0.2, 0.25) is 5.91 Å². The van der Waals surface area contributed by atoms with Crippen molar-refractivity contribution in [2.45, 2.75) is 6.92 Å². The Hall–Kier alpha value is -2.80. The second-order valence-electron chi connectivity index (χ2n) is 5.46. The molecule has 25 heavy (non-hydrogen) atoms. The SMILES string of the molecule is Cc1ccccc1N1C(=O)NC(=O)[C@H](C=Nc2ccccc2Br)C1=O. The van der Waals surface area contributed by atoms with E-state index in [0.29, 0.717) is 11.4 Å². The molecule has 6 nitrogen and oxygen atoms in total. The summed E-state index contributed by atoms with van der Waals surface area (Å²) >= 11 is 3.36. The average Bonchev–Trinajstić information content (AvgIpc) is 2.57. The number of nitrogens with zero attached hydrogens (tertiary/aromatic N) is 2. The van der Waals surface area contributed by atoms with Gasteiger partial charge in [-0.25, -0.2) is 9.69 Å². The molecule has 1 N–H and O–H groups in total. The summed E-state index contributed by atoms with van der Waals surface area (Å²) in [4.78, 5) is 42.2. The van der Waals surface area contributed by atoms with Crippen LogP contribution >= 0.6 is 15.9 Å². The summed E-state index contributed by atoms with van der Waals surface area (Å²) in [7, 11) is 0. The lowest BCUT2D eigenvalue weighted by molar-refractivity contribution is -0.131. The van der Waals surface area contributed by atoms with Gasteiger partial charge in [-0.1, -0.05) is 30.3 Å². The van der Waals surface area contributed by atoms with E-state index in [0.717, 1.165) is 14.9 Å². The first-order chi connectivity index (χ1) is 12.0. The van der Waals surface area contributed by atoms with Gasteiger partial charge in [-0.15, -0.1) is 0 Å². The standard InChI is InChI=1S/C18H14BrN3O3/c1-11-6-2-5-9-15(11)22-17(24)12(16(23)21-18(22)25)10-20-14-8-4-3-7-13(14)19/h2-10,12H,1H3,(H,21,23,25)/t12-/m0/s1. The van der Waals surface area contributed by atoms with Crippen molar-refractivity contribution >= 4 is 51.4 Å². The van der Waals surface area contributed by atoms with E-state index in [-0.39, 0.29) is 0 Å². The topological polar surface area (TPSA) is 78.8 Å². The molecule has 0 aliphatic carbocycles. The molecule has 0 radical (unpaired) electrons. The van der Waals surface area contributed by atoms with Crippen molar-refractivity contribution in [1.29, 1.82) is 0 Å². The van der Waals surface area contributed by atoms with Gasteiger partial charge in [0.25, 0.3) is 5.91 Å². The van der Waals surface area contributed by atoms with Gasteiger partial charge in [0.15, 0.2) is 5.92 Å². The summed E-state index contributed by atoms with van der Waals surface area (Å²) in [5.41, 5.74) is 1.78. The molecule has 2 aromatic carbocycles. The number of amides is 4. The predicted octanol–water partition coefficient (Wildman–Crippen LogP) is 3.36. The molecule has 1 atom stereocenters. The average molecular weight is 400 g/mol. The van der Waals surface area contributed by atoms with E-state index in [1.165, 1.54) is 6.21 Å². The molecular weight excluding hydrogens is 386 g/mol. The Labute approximate surface area is 152 Å². The van der Waals surface area contributed by atoms with Gasteiger partial charge in [0.05, 0.1) is 11.4 Å². The number of urea groups is 1. The number of rotatable bonds is 3. The second-order valence-corrected chi connectivity index (χ2v) is 6.32. The van der Waals surface area contributed by atoms with Gasteiger partial charge >= 0.3 is 6.03 Å². The molecule has 0 saturated carbocycles. The number of barbiturate groups is 1. The molecule has 1 aliphatic rings. The van der Waals surface area contributed by atoms with Crippen LogP contribution in [0.2, 0.25) is 0 Å². The lowest BCUT2D eigenvalue weighted by Crippen LogP contribution is -2.58. The van der Waals surface area contributed by atoms with Crippen molar-refractivity contribution < 1.29 is 14.4 Å². The van der Waals surface area contributed by atoms with Crippen molar-refractivity contribution in [2.75, 3.05) is 4.90 Å². The molecule has 0 unspecified atom stereocenters. The zero-order valence-corrected chi connectivity index (χ0v) is 14.9. The highest BCUT2D eigenvalue weighted by Crippen LogP contribution is 2.26. The summed E-state index contributed by atoms with van der Waals surface area (Å²) in [5.74, 6) is -2.49. The Kier molecular flexibility index (Phi) is 4.76. The second kappa shape index (κ2) is 6.98. The minimum atomic E-state index is -1.18. The Balaban J connectivity index is 1.94. The number of aryl methyl sites for hydroxylation is 1. The molecule has 1 aliphatic heterocycles. The molecule has 1 heterocycles. The number of benzene rings is 2. The van der Waals surface area contributed by atoms with Gasteiger partial charge in [0.1, 0.15) is 0 Å². The minimum absolute atomic E-state index is 0.441. The van der Waals surface area contributed by atoms with Crippen molar-refractivity contribution in [3.63, 3.8) is 0 Å². The Morgan fingerprint density at radius 3 is 2.48 bits per heavy atom. The molecular formula is C18H14BrN3O3. The van der Waals surface area contributed by atoms with E-state index < -0.39 is 23.8 Å². The zero-order valence-electron chi connectivity index (χ0n) is 13.3. The maximum absolute atomic E-state index is 12.7. The van der Waals surface area contributed by atoms with Gasteiger partial charge in [-0.3, -0.25) is 19.9 Å². The minimum Gasteiger partial charge on any atom is -0.276 e. The van der Waals surface area contributed by atoms with Crippen LogP contribution in [0.1, 0.15) is 5.56 Å². The first-order valence-electron chi connectivity index (χ1n) is 7.52. The van der Waals surface area contributed by atoms with E-state index in [2.05, 4.69) is 26.2 Å². The lowest BCUT2D eigenvalue weighted by Gasteiger charge is -2.29. The summed E-state index contributed by atoms with van der Waals surface area (Å²) in [5, 5.41) is 2.21. The van der Waals surface area contributed by atoms with Crippen LogP contribution in [0.3, 0.4) is 0 Å². The number of para-hydroxylation sites is 2. The van der Waals surface area contributed by atoms with Crippen LogP contribution < -0.4 is 10.2 Å². The summed E-state index contributed by atoms with van der Waals surface area (Å²) in [6.07, 6.45) is 1.26. The third kappa shape index (κ3) is 3.36. The number of hydrogen-bond acceptors (Lipinski definition) is 4. The van der Waals surface area contributed by atoms with Gasteiger partial charge in [-0.05, 0) is 46.6 Å². The monoisotopic (exact) mass is 399 g/mol. The van der Waals surface area contributed by atoms with Gasteiger partial charge in [-0.2, -0.15) is 0 Å². The normalized spacial score (nSPS) is 17.9. The maximum Gasteiger partial charge on any atom is 0.335 e. The highest BCUT2D eigenvalue weighted by Gasteiger charge is 2.40. The zero-order chi connectivity index (χ0) is 18.0. The highest BCUT2D eigenvalue weighted by atomic mass is 79.9. The smallest absolute Gasteiger partial charge is 0.276 e. The molecule has 1 fully saturated rings. The van der Waals surface area contributed by atoms with E-state index in [4.69, 9.17) is 0 Å². The lowest BCUT2D eigenvalue weighted by atomic mass is 10.0. The van der Waals surface area contributed by atoms with Crippen LogP contribution in [-0.4, -0.2) is 24.1 Å². The van der Waals surface area contributed by atoms with Crippen molar-refractivity contribution in [3.8, 4) is 0 Å². The molecule has 4 amide bonds. The molecule has 1 saturated heterocycles. The molecule has 0 bridgehead atoms. The van der Waals surface area contributed by atoms with Gasteiger partial charge < -0.3 is 0 Å². The third-order valence-corrected chi connectivity index (χ3v) is 4.44. The summed E-state index contributed by atoms with van der Waals surface area (Å²) in [6, 6.07) is 13.4. The van der Waals surface area contributed by atoms with Crippen molar-refractivity contribution in [3.05, 3.63) is 58.6 Å². The number of carbonyl (C=O) groups is 3. The third-order valence-electron chi connectivity index (χ3n) is 3.77. The fourth-order valence-electron chi connectivity index (χ4n) is 2.48. The molecule has 0 aromatic heterocycles. The van der Waals surface area contributed by atoms with Crippen LogP contribution in [0.4, 0.5) is 16.2 Å². The Bertz CT molecular complexity index is 895. The van der Waals surface area contributed by atoms with E-state index in [1.54, 1.807) is 43.3 Å². The molecule has 7 heteroatoms. The number of halogens is 1. The van der Waals surface area contributed by atoms with Crippen LogP contribution in [0.15, 0.2) is 58.0 Å². The van der Waals surface area contributed by atoms with Crippen LogP contribution in [0.25, 0.3) is 0 Å². The first-order valence-corrected chi connectivity index (χ1v) is 8.31. The molecule has 126 valence electrons. The van der Waals surface area contributed by atoms with Crippen LogP contribution in [0, 0.1) is 12.8 Å². The fourth-order valence-corrected chi connectivity index (χ4v) is 2.86. The summed E-state index contributed by atoms with van der Waals surface area (Å²) in [6.45, 7) is 1.79. The van der Waals surface area contributed by atoms with E-state index in [1.807, 2.05) is 12.1 Å². The van der Waals surface area contributed by atoms with Crippen LogP contribution in [-0.2, 0) is 9.59 Å². The quantitative estimate of drug-likeness (QED) is 0.634. The number of imide groups is 2. The van der Waals surface area contributed by atoms with E-state index in [9.17, 15) is 14.4 Å². The van der Waals surface area contributed by atoms with Crippen molar-refractivity contribution in [1.82, 2.24) is 5.32 Å². The number of hydrogen-bond donors (Lipinski definition) is 1. The van der Waals surface area contributed by atoms with Crippen molar-refractivity contribution in [2.24, 2.45) is 10.9 Å². The number of carbonyl (C=O) groups excluding carboxylic acids is 3. The summed E-state index contributed by atoms with van der Waals surface area (Å²) < 4.78 is 0.738. The number of anilines is 1. The Morgan fingerprint density at radius 1 is 1.08 bits per heavy atom. The van der Waals surface area contributed by atoms with E-state index >= 15 is 0 Å². The molecule has 0 spiro atoms. The fraction of sp³-hybridized carbons (Fsp3) is 0.111. The number of aliphatic imine (C=N–C) groups is 1. The Morgan fingerprint density at radius 2 is 1.76 bits per heavy atom. The van der Waals surface area contributed by atoms with Gasteiger partial charge in [0, 0.05) is 10.7 Å². The largest absolute Gasteiger partial charge is 0.335 e. The predicted molar refractivity (Wildman–Crippen MR) is 98.0 cm³/mol.